The third-order valence-corrected chi connectivity index (χ3v) is 4.46. The van der Waals surface area contributed by atoms with Crippen molar-refractivity contribution in [3.05, 3.63) is 35.1 Å². The van der Waals surface area contributed by atoms with Gasteiger partial charge in [0.15, 0.2) is 23.0 Å². The quantitative estimate of drug-likeness (QED) is 0.712. The average Bonchev–Trinajstić information content (AvgIpc) is 2.89. The molecule has 1 aliphatic rings. The maximum absolute atomic E-state index is 12.8. The van der Waals surface area contributed by atoms with E-state index >= 15 is 0 Å². The van der Waals surface area contributed by atoms with Gasteiger partial charge in [0, 0.05) is 20.1 Å². The molecule has 7 heteroatoms. The number of nitrogens with zero attached hydrogens (tertiary/aromatic N) is 1. The van der Waals surface area contributed by atoms with Gasteiger partial charge in [-0.2, -0.15) is 0 Å². The zero-order chi connectivity index (χ0) is 20.1. The molecule has 1 aromatic carbocycles. The van der Waals surface area contributed by atoms with Crippen molar-refractivity contribution in [1.82, 2.24) is 4.90 Å². The van der Waals surface area contributed by atoms with Crippen molar-refractivity contribution >= 4 is 11.7 Å². The van der Waals surface area contributed by atoms with Crippen molar-refractivity contribution < 1.29 is 28.9 Å². The molecular weight excluding hydrogens is 350 g/mol. The Bertz CT molecular complexity index is 740. The first kappa shape index (κ1) is 20.8. The Morgan fingerprint density at radius 1 is 1.19 bits per heavy atom. The monoisotopic (exact) mass is 377 g/mol. The Morgan fingerprint density at radius 2 is 1.85 bits per heavy atom. The largest absolute Gasteiger partial charge is 0.503 e. The normalized spacial score (nSPS) is 17.0. The van der Waals surface area contributed by atoms with Crippen LogP contribution in [0.1, 0.15) is 31.9 Å². The first-order valence-electron chi connectivity index (χ1n) is 8.83. The van der Waals surface area contributed by atoms with Gasteiger partial charge in [-0.1, -0.05) is 19.9 Å². The van der Waals surface area contributed by atoms with Gasteiger partial charge in [-0.05, 0) is 23.6 Å². The number of benzene rings is 1. The summed E-state index contributed by atoms with van der Waals surface area (Å²) in [4.78, 5) is 26.9. The first-order chi connectivity index (χ1) is 12.8. The zero-order valence-corrected chi connectivity index (χ0v) is 16.4. The molecule has 1 atom stereocenters. The van der Waals surface area contributed by atoms with Gasteiger partial charge in [-0.15, -0.1) is 0 Å². The first-order valence-corrected chi connectivity index (χ1v) is 8.83. The second kappa shape index (κ2) is 8.90. The molecule has 1 heterocycles. The van der Waals surface area contributed by atoms with E-state index < -0.39 is 17.7 Å². The van der Waals surface area contributed by atoms with Crippen molar-refractivity contribution in [2.24, 2.45) is 5.92 Å². The molecule has 0 fully saturated rings. The third kappa shape index (κ3) is 4.24. The van der Waals surface area contributed by atoms with E-state index in [2.05, 4.69) is 0 Å². The lowest BCUT2D eigenvalue weighted by Gasteiger charge is -2.27. The van der Waals surface area contributed by atoms with Gasteiger partial charge in [0.1, 0.15) is 0 Å². The van der Waals surface area contributed by atoms with Crippen LogP contribution in [0.4, 0.5) is 0 Å². The highest BCUT2D eigenvalue weighted by Crippen LogP contribution is 2.41. The Balaban J connectivity index is 2.53. The van der Waals surface area contributed by atoms with Crippen LogP contribution in [0.5, 0.6) is 11.5 Å². The van der Waals surface area contributed by atoms with Gasteiger partial charge in [0.2, 0.25) is 0 Å². The maximum atomic E-state index is 12.8. The average molecular weight is 377 g/mol. The molecule has 1 unspecified atom stereocenters. The van der Waals surface area contributed by atoms with Gasteiger partial charge in [-0.25, -0.2) is 0 Å². The van der Waals surface area contributed by atoms with E-state index in [0.29, 0.717) is 17.1 Å². The van der Waals surface area contributed by atoms with Crippen LogP contribution in [-0.2, 0) is 14.3 Å². The predicted molar refractivity (Wildman–Crippen MR) is 100.0 cm³/mol. The Labute approximate surface area is 159 Å². The molecule has 1 aromatic rings. The Morgan fingerprint density at radius 3 is 2.41 bits per heavy atom. The van der Waals surface area contributed by atoms with Crippen LogP contribution in [-0.4, -0.2) is 56.2 Å². The molecule has 1 aliphatic heterocycles. The number of amides is 1. The molecule has 0 saturated carbocycles. The number of carbonyl (C=O) groups excluding carboxylic acids is 2. The lowest BCUT2D eigenvalue weighted by atomic mass is 9.92. The summed E-state index contributed by atoms with van der Waals surface area (Å²) in [5.41, 5.74) is 0.783. The minimum Gasteiger partial charge on any atom is -0.503 e. The maximum Gasteiger partial charge on any atom is 0.290 e. The van der Waals surface area contributed by atoms with Crippen LogP contribution in [0.15, 0.2) is 29.5 Å². The number of ketones is 1. The van der Waals surface area contributed by atoms with Crippen molar-refractivity contribution in [2.45, 2.75) is 26.3 Å². The molecule has 27 heavy (non-hydrogen) atoms. The summed E-state index contributed by atoms with van der Waals surface area (Å²) in [5.74, 6) is -0.175. The summed E-state index contributed by atoms with van der Waals surface area (Å²) in [6.45, 7) is 4.37. The fourth-order valence-electron chi connectivity index (χ4n) is 3.21. The topological polar surface area (TPSA) is 85.3 Å². The predicted octanol–water partition coefficient (Wildman–Crippen LogP) is 2.66. The van der Waals surface area contributed by atoms with E-state index in [1.807, 2.05) is 13.8 Å². The highest BCUT2D eigenvalue weighted by Gasteiger charge is 2.43. The number of rotatable bonds is 9. The highest BCUT2D eigenvalue weighted by molar-refractivity contribution is 6.09. The minimum absolute atomic E-state index is 0.104. The molecule has 0 aliphatic carbocycles. The molecule has 2 rings (SSSR count). The van der Waals surface area contributed by atoms with E-state index in [1.54, 1.807) is 18.2 Å². The summed E-state index contributed by atoms with van der Waals surface area (Å²) in [5, 5.41) is 10.4. The molecule has 0 saturated heterocycles. The summed E-state index contributed by atoms with van der Waals surface area (Å²) < 4.78 is 15.7. The zero-order valence-electron chi connectivity index (χ0n) is 16.4. The van der Waals surface area contributed by atoms with Gasteiger partial charge >= 0.3 is 0 Å². The standard InChI is InChI=1S/C20H27NO6/c1-12(2)10-14(22)17-18(21(8-9-25-3)20(24)19(17)23)13-6-7-15(26-4)16(11-13)27-5/h6-7,11-12,18,23H,8-10H2,1-5H3. The van der Waals surface area contributed by atoms with E-state index in [-0.39, 0.29) is 36.8 Å². The van der Waals surface area contributed by atoms with E-state index in [1.165, 1.54) is 26.2 Å². The molecule has 148 valence electrons. The number of carbonyl (C=O) groups is 2. The molecular formula is C20H27NO6. The summed E-state index contributed by atoms with van der Waals surface area (Å²) in [6, 6.07) is 4.50. The summed E-state index contributed by atoms with van der Waals surface area (Å²) in [7, 11) is 4.58. The molecule has 7 nitrogen and oxygen atoms in total. The number of ether oxygens (including phenoxy) is 3. The molecule has 1 amide bonds. The van der Waals surface area contributed by atoms with Gasteiger partial charge in [0.25, 0.3) is 5.91 Å². The number of aliphatic hydroxyl groups is 1. The lowest BCUT2D eigenvalue weighted by molar-refractivity contribution is -0.130. The van der Waals surface area contributed by atoms with Crippen molar-refractivity contribution in [2.75, 3.05) is 34.5 Å². The van der Waals surface area contributed by atoms with Crippen molar-refractivity contribution in [3.8, 4) is 11.5 Å². The smallest absolute Gasteiger partial charge is 0.290 e. The van der Waals surface area contributed by atoms with E-state index in [9.17, 15) is 14.7 Å². The van der Waals surface area contributed by atoms with Crippen LogP contribution in [0.25, 0.3) is 0 Å². The van der Waals surface area contributed by atoms with Crippen LogP contribution in [0.2, 0.25) is 0 Å². The second-order valence-corrected chi connectivity index (χ2v) is 6.79. The number of aliphatic hydroxyl groups excluding tert-OH is 1. The molecule has 0 aromatic heterocycles. The van der Waals surface area contributed by atoms with Crippen molar-refractivity contribution in [1.29, 1.82) is 0 Å². The second-order valence-electron chi connectivity index (χ2n) is 6.79. The fourth-order valence-corrected chi connectivity index (χ4v) is 3.21. The number of Topliss-reactive ketones (excluding diaryl/α,β-unsaturated/α-hetero) is 1. The van der Waals surface area contributed by atoms with Crippen LogP contribution in [0.3, 0.4) is 0 Å². The highest BCUT2D eigenvalue weighted by atomic mass is 16.5. The van der Waals surface area contributed by atoms with Gasteiger partial charge in [0.05, 0.1) is 32.4 Å². The van der Waals surface area contributed by atoms with Gasteiger partial charge < -0.3 is 24.2 Å². The van der Waals surface area contributed by atoms with Crippen LogP contribution in [0, 0.1) is 5.92 Å². The van der Waals surface area contributed by atoms with Crippen molar-refractivity contribution in [3.63, 3.8) is 0 Å². The third-order valence-electron chi connectivity index (χ3n) is 4.46. The Hall–Kier alpha value is -2.54. The van der Waals surface area contributed by atoms with E-state index in [4.69, 9.17) is 14.2 Å². The molecule has 0 radical (unpaired) electrons. The van der Waals surface area contributed by atoms with E-state index in [0.717, 1.165) is 0 Å². The molecule has 0 spiro atoms. The van der Waals surface area contributed by atoms with Crippen LogP contribution >= 0.6 is 0 Å². The SMILES string of the molecule is COCCN1C(=O)C(O)=C(C(=O)CC(C)C)C1c1ccc(OC)c(OC)c1. The number of methoxy groups -OCH3 is 3. The van der Waals surface area contributed by atoms with Crippen LogP contribution < -0.4 is 9.47 Å². The Kier molecular flexibility index (Phi) is 6.85. The number of hydrogen-bond donors (Lipinski definition) is 1. The molecule has 0 bridgehead atoms. The number of hydrogen-bond acceptors (Lipinski definition) is 6. The summed E-state index contributed by atoms with van der Waals surface area (Å²) in [6.07, 6.45) is 0.245. The summed E-state index contributed by atoms with van der Waals surface area (Å²) >= 11 is 0. The lowest BCUT2D eigenvalue weighted by Crippen LogP contribution is -2.34. The van der Waals surface area contributed by atoms with Gasteiger partial charge in [-0.3, -0.25) is 9.59 Å². The minimum atomic E-state index is -0.696. The fraction of sp³-hybridized carbons (Fsp3) is 0.500. The molecule has 1 N–H and O–H groups in total.